The molecule has 0 fully saturated rings. The van der Waals surface area contributed by atoms with Gasteiger partial charge in [0, 0.05) is 18.9 Å². The first-order valence-corrected chi connectivity index (χ1v) is 9.02. The van der Waals surface area contributed by atoms with Gasteiger partial charge in [0.2, 0.25) is 5.03 Å². The number of benzene rings is 1. The van der Waals surface area contributed by atoms with E-state index in [0.29, 0.717) is 0 Å². The van der Waals surface area contributed by atoms with E-state index >= 15 is 0 Å². The van der Waals surface area contributed by atoms with E-state index in [4.69, 9.17) is 0 Å². The summed E-state index contributed by atoms with van der Waals surface area (Å²) in [6, 6.07) is 7.66. The summed E-state index contributed by atoms with van der Waals surface area (Å²) in [7, 11) is -2.14. The molecule has 0 atom stereocenters. The molecule has 20 heavy (non-hydrogen) atoms. The zero-order chi connectivity index (χ0) is 14.8. The second kappa shape index (κ2) is 6.33. The first kappa shape index (κ1) is 15.6. The molecule has 2 rings (SSSR count). The number of sulfonamides is 1. The van der Waals surface area contributed by atoms with Gasteiger partial charge >= 0.3 is 0 Å². The van der Waals surface area contributed by atoms with Crippen LogP contribution < -0.4 is 4.72 Å². The standard InChI is InChI=1S/C11H12Br2N4O2S/c1-17-11(10(13)15-16-17)20(18,19)14-7-9-4-2-3-8(5-9)6-12/h2-5,14H,6-7H2,1H3. The first-order chi connectivity index (χ1) is 9.44. The topological polar surface area (TPSA) is 76.9 Å². The van der Waals surface area contributed by atoms with Crippen molar-refractivity contribution in [2.75, 3.05) is 0 Å². The lowest BCUT2D eigenvalue weighted by atomic mass is 10.1. The van der Waals surface area contributed by atoms with Crippen molar-refractivity contribution in [2.45, 2.75) is 16.9 Å². The second-order valence-electron chi connectivity index (χ2n) is 4.09. The van der Waals surface area contributed by atoms with Crippen molar-refractivity contribution in [3.8, 4) is 0 Å². The minimum Gasteiger partial charge on any atom is -0.235 e. The van der Waals surface area contributed by atoms with Crippen LogP contribution in [0.3, 0.4) is 0 Å². The lowest BCUT2D eigenvalue weighted by molar-refractivity contribution is 0.560. The molecule has 0 saturated heterocycles. The summed E-state index contributed by atoms with van der Waals surface area (Å²) in [4.78, 5) is 0. The normalized spacial score (nSPS) is 11.8. The molecule has 0 saturated carbocycles. The number of halogens is 2. The summed E-state index contributed by atoms with van der Waals surface area (Å²) >= 11 is 6.45. The molecule has 0 aliphatic carbocycles. The predicted octanol–water partition coefficient (Wildman–Crippen LogP) is 1.95. The van der Waals surface area contributed by atoms with Crippen LogP contribution in [0.4, 0.5) is 0 Å². The van der Waals surface area contributed by atoms with Crippen LogP contribution in [0.2, 0.25) is 0 Å². The van der Waals surface area contributed by atoms with Crippen molar-refractivity contribution in [1.29, 1.82) is 0 Å². The zero-order valence-corrected chi connectivity index (χ0v) is 14.5. The number of hydrogen-bond donors (Lipinski definition) is 1. The van der Waals surface area contributed by atoms with Gasteiger partial charge in [-0.1, -0.05) is 45.4 Å². The average molecular weight is 424 g/mol. The average Bonchev–Trinajstić information content (AvgIpc) is 2.77. The third kappa shape index (κ3) is 3.46. The third-order valence-electron chi connectivity index (χ3n) is 2.60. The maximum atomic E-state index is 12.2. The Balaban J connectivity index is 2.17. The van der Waals surface area contributed by atoms with E-state index in [1.807, 2.05) is 24.3 Å². The van der Waals surface area contributed by atoms with E-state index in [1.165, 1.54) is 11.7 Å². The maximum absolute atomic E-state index is 12.2. The van der Waals surface area contributed by atoms with Gasteiger partial charge in [-0.3, -0.25) is 0 Å². The second-order valence-corrected chi connectivity index (χ2v) is 7.08. The van der Waals surface area contributed by atoms with Crippen LogP contribution in [-0.2, 0) is 28.9 Å². The Hall–Kier alpha value is -0.770. The molecule has 0 bridgehead atoms. The Labute approximate surface area is 133 Å². The Morgan fingerprint density at radius 3 is 2.65 bits per heavy atom. The number of nitrogens with zero attached hydrogens (tertiary/aromatic N) is 3. The Kier molecular flexibility index (Phi) is 4.95. The maximum Gasteiger partial charge on any atom is 0.260 e. The summed E-state index contributed by atoms with van der Waals surface area (Å²) in [5.41, 5.74) is 1.97. The lowest BCUT2D eigenvalue weighted by Gasteiger charge is -2.07. The van der Waals surface area contributed by atoms with E-state index in [2.05, 4.69) is 46.9 Å². The lowest BCUT2D eigenvalue weighted by Crippen LogP contribution is -2.25. The summed E-state index contributed by atoms with van der Waals surface area (Å²) in [5.74, 6) is 0. The van der Waals surface area contributed by atoms with Crippen LogP contribution in [0.25, 0.3) is 0 Å². The summed E-state index contributed by atoms with van der Waals surface area (Å²) < 4.78 is 28.4. The van der Waals surface area contributed by atoms with Gasteiger partial charge in [-0.25, -0.2) is 17.8 Å². The van der Waals surface area contributed by atoms with Crippen molar-refractivity contribution in [2.24, 2.45) is 7.05 Å². The number of aryl methyl sites for hydroxylation is 1. The molecule has 0 radical (unpaired) electrons. The van der Waals surface area contributed by atoms with Crippen molar-refractivity contribution in [3.63, 3.8) is 0 Å². The smallest absolute Gasteiger partial charge is 0.235 e. The molecule has 1 heterocycles. The summed E-state index contributed by atoms with van der Waals surface area (Å²) in [5, 5.41) is 8.06. The van der Waals surface area contributed by atoms with Crippen LogP contribution in [0.15, 0.2) is 33.9 Å². The molecule has 9 heteroatoms. The highest BCUT2D eigenvalue weighted by Gasteiger charge is 2.23. The van der Waals surface area contributed by atoms with Crippen molar-refractivity contribution >= 4 is 41.9 Å². The molecule has 0 amide bonds. The van der Waals surface area contributed by atoms with E-state index in [1.54, 1.807) is 0 Å². The van der Waals surface area contributed by atoms with Crippen molar-refractivity contribution in [1.82, 2.24) is 19.7 Å². The van der Waals surface area contributed by atoms with Crippen molar-refractivity contribution < 1.29 is 8.42 Å². The number of hydrogen-bond acceptors (Lipinski definition) is 4. The Bertz CT molecular complexity index is 695. The zero-order valence-electron chi connectivity index (χ0n) is 10.5. The van der Waals surface area contributed by atoms with Crippen molar-refractivity contribution in [3.05, 3.63) is 40.0 Å². The van der Waals surface area contributed by atoms with Gasteiger partial charge in [0.15, 0.2) is 4.60 Å². The molecule has 2 aromatic rings. The van der Waals surface area contributed by atoms with Gasteiger partial charge < -0.3 is 0 Å². The van der Waals surface area contributed by atoms with Crippen LogP contribution >= 0.6 is 31.9 Å². The molecule has 0 aliphatic heterocycles. The van der Waals surface area contributed by atoms with E-state index < -0.39 is 10.0 Å². The number of aromatic nitrogens is 3. The molecule has 1 N–H and O–H groups in total. The highest BCUT2D eigenvalue weighted by molar-refractivity contribution is 9.10. The van der Waals surface area contributed by atoms with Gasteiger partial charge in [0.05, 0.1) is 0 Å². The van der Waals surface area contributed by atoms with Gasteiger partial charge in [0.1, 0.15) is 0 Å². The van der Waals surface area contributed by atoms with Crippen LogP contribution in [0.1, 0.15) is 11.1 Å². The SMILES string of the molecule is Cn1nnc(Br)c1S(=O)(=O)NCc1cccc(CBr)c1. The molecule has 0 unspecified atom stereocenters. The number of nitrogens with one attached hydrogen (secondary N) is 1. The largest absolute Gasteiger partial charge is 0.260 e. The minimum atomic E-state index is -3.67. The Morgan fingerprint density at radius 1 is 1.35 bits per heavy atom. The van der Waals surface area contributed by atoms with Crippen LogP contribution in [0, 0.1) is 0 Å². The fourth-order valence-electron chi connectivity index (χ4n) is 1.68. The molecule has 1 aromatic heterocycles. The monoisotopic (exact) mass is 422 g/mol. The molecule has 0 spiro atoms. The predicted molar refractivity (Wildman–Crippen MR) is 81.8 cm³/mol. The third-order valence-corrected chi connectivity index (χ3v) is 5.54. The summed E-state index contributed by atoms with van der Waals surface area (Å²) in [6.45, 7) is 0.209. The molecule has 1 aromatic carbocycles. The fourth-order valence-corrected chi connectivity index (χ4v) is 4.13. The quantitative estimate of drug-likeness (QED) is 0.745. The molecule has 6 nitrogen and oxygen atoms in total. The molecule has 108 valence electrons. The summed E-state index contributed by atoms with van der Waals surface area (Å²) in [6.07, 6.45) is 0. The molecular weight excluding hydrogens is 412 g/mol. The van der Waals surface area contributed by atoms with Gasteiger partial charge in [-0.15, -0.1) is 5.10 Å². The van der Waals surface area contributed by atoms with Gasteiger partial charge in [-0.2, -0.15) is 0 Å². The van der Waals surface area contributed by atoms with E-state index in [0.717, 1.165) is 16.5 Å². The highest BCUT2D eigenvalue weighted by Crippen LogP contribution is 2.18. The van der Waals surface area contributed by atoms with Gasteiger partial charge in [-0.05, 0) is 27.1 Å². The molecule has 0 aliphatic rings. The van der Waals surface area contributed by atoms with Crippen LogP contribution in [-0.4, -0.2) is 23.4 Å². The highest BCUT2D eigenvalue weighted by atomic mass is 79.9. The molecular formula is C11H12Br2N4O2S. The first-order valence-electron chi connectivity index (χ1n) is 5.62. The van der Waals surface area contributed by atoms with Gasteiger partial charge in [0.25, 0.3) is 10.0 Å². The number of alkyl halides is 1. The fraction of sp³-hybridized carbons (Fsp3) is 0.273. The van der Waals surface area contributed by atoms with Crippen LogP contribution in [0.5, 0.6) is 0 Å². The Morgan fingerprint density at radius 2 is 2.05 bits per heavy atom. The van der Waals surface area contributed by atoms with E-state index in [9.17, 15) is 8.42 Å². The number of rotatable bonds is 5. The minimum absolute atomic E-state index is 0.00847. The van der Waals surface area contributed by atoms with E-state index in [-0.39, 0.29) is 16.2 Å².